The topological polar surface area (TPSA) is 34.1 Å². The molecule has 0 bridgehead atoms. The van der Waals surface area contributed by atoms with Crippen molar-refractivity contribution in [2.24, 2.45) is 5.16 Å². The van der Waals surface area contributed by atoms with E-state index in [0.29, 0.717) is 0 Å². The Morgan fingerprint density at radius 1 is 1.26 bits per heavy atom. The Hall–Kier alpha value is -1.55. The van der Waals surface area contributed by atoms with E-state index in [1.807, 2.05) is 24.3 Å². The highest BCUT2D eigenvalue weighted by atomic mass is 16.6. The van der Waals surface area contributed by atoms with Crippen molar-refractivity contribution in [2.75, 3.05) is 26.8 Å². The number of hydrogen-bond acceptors (Lipinski definition) is 4. The van der Waals surface area contributed by atoms with Crippen LogP contribution in [0.3, 0.4) is 0 Å². The summed E-state index contributed by atoms with van der Waals surface area (Å²) in [4.78, 5) is 7.47. The maximum Gasteiger partial charge on any atom is 0.119 e. The van der Waals surface area contributed by atoms with Crippen LogP contribution in [0.5, 0.6) is 5.75 Å². The zero-order chi connectivity index (χ0) is 16.5. The van der Waals surface area contributed by atoms with E-state index < -0.39 is 0 Å². The van der Waals surface area contributed by atoms with Gasteiger partial charge < -0.3 is 14.5 Å². The van der Waals surface area contributed by atoms with Gasteiger partial charge in [0, 0.05) is 12.6 Å². The predicted octanol–water partition coefficient (Wildman–Crippen LogP) is 4.09. The van der Waals surface area contributed by atoms with Gasteiger partial charge in [-0.05, 0) is 69.0 Å². The lowest BCUT2D eigenvalue weighted by Gasteiger charge is -2.33. The Kier molecular flexibility index (Phi) is 7.40. The lowest BCUT2D eigenvalue weighted by atomic mass is 10.0. The third-order valence-corrected chi connectivity index (χ3v) is 4.52. The third kappa shape index (κ3) is 5.54. The van der Waals surface area contributed by atoms with Crippen LogP contribution in [0.2, 0.25) is 0 Å². The van der Waals surface area contributed by atoms with Crippen LogP contribution >= 0.6 is 0 Å². The highest BCUT2D eigenvalue weighted by Crippen LogP contribution is 2.17. The Morgan fingerprint density at radius 2 is 2.04 bits per heavy atom. The molecule has 0 aliphatic carbocycles. The Labute approximate surface area is 140 Å². The molecule has 0 radical (unpaired) electrons. The van der Waals surface area contributed by atoms with Gasteiger partial charge in [-0.15, -0.1) is 0 Å². The number of nitrogens with zero attached hydrogens (tertiary/aromatic N) is 2. The van der Waals surface area contributed by atoms with Crippen molar-refractivity contribution in [1.29, 1.82) is 0 Å². The summed E-state index contributed by atoms with van der Waals surface area (Å²) in [6.45, 7) is 7.57. The lowest BCUT2D eigenvalue weighted by Crippen LogP contribution is -2.38. The van der Waals surface area contributed by atoms with Crippen molar-refractivity contribution in [3.05, 3.63) is 29.8 Å². The van der Waals surface area contributed by atoms with E-state index in [2.05, 4.69) is 23.9 Å². The summed E-state index contributed by atoms with van der Waals surface area (Å²) in [5.41, 5.74) is 2.04. The van der Waals surface area contributed by atoms with Crippen molar-refractivity contribution < 1.29 is 9.57 Å². The summed E-state index contributed by atoms with van der Waals surface area (Å²) in [5.74, 6) is 0.924. The number of rotatable bonds is 8. The average molecular weight is 318 g/mol. The molecule has 1 aromatic carbocycles. The van der Waals surface area contributed by atoms with Crippen molar-refractivity contribution in [3.63, 3.8) is 0 Å². The largest absolute Gasteiger partial charge is 0.494 e. The summed E-state index contributed by atoms with van der Waals surface area (Å²) in [6.07, 6.45) is 5.99. The van der Waals surface area contributed by atoms with E-state index in [1.165, 1.54) is 25.8 Å². The van der Waals surface area contributed by atoms with Crippen LogP contribution in [0, 0.1) is 0 Å². The van der Waals surface area contributed by atoms with E-state index in [0.717, 1.165) is 49.1 Å². The molecule has 2 rings (SSSR count). The Balaban J connectivity index is 1.74. The van der Waals surface area contributed by atoms with Gasteiger partial charge in [0.1, 0.15) is 12.9 Å². The van der Waals surface area contributed by atoms with Crippen LogP contribution in [0.1, 0.15) is 51.5 Å². The standard InChI is InChI=1S/C19H30N2O2/c1-4-19(20-22-3)17-9-11-18(12-10-17)23-15-7-14-21-13-6-5-8-16(21)2/h9-12,16H,4-8,13-15H2,1-3H3. The van der Waals surface area contributed by atoms with Crippen LogP contribution in [-0.2, 0) is 4.84 Å². The minimum Gasteiger partial charge on any atom is -0.494 e. The van der Waals surface area contributed by atoms with Crippen molar-refractivity contribution >= 4 is 5.71 Å². The first-order valence-corrected chi connectivity index (χ1v) is 8.82. The third-order valence-electron chi connectivity index (χ3n) is 4.52. The monoisotopic (exact) mass is 318 g/mol. The maximum atomic E-state index is 5.86. The number of ether oxygens (including phenoxy) is 1. The molecule has 0 saturated carbocycles. The zero-order valence-electron chi connectivity index (χ0n) is 14.8. The fourth-order valence-electron chi connectivity index (χ4n) is 3.12. The molecule has 1 fully saturated rings. The second kappa shape index (κ2) is 9.56. The van der Waals surface area contributed by atoms with Crippen LogP contribution in [0.15, 0.2) is 29.4 Å². The van der Waals surface area contributed by atoms with Crippen LogP contribution in [-0.4, -0.2) is 43.5 Å². The minimum atomic E-state index is 0.732. The first-order chi connectivity index (χ1) is 11.2. The molecule has 128 valence electrons. The minimum absolute atomic E-state index is 0.732. The quantitative estimate of drug-likeness (QED) is 0.411. The SMILES string of the molecule is CCC(=NOC)c1ccc(OCCCN2CCCCC2C)cc1. The van der Waals surface area contributed by atoms with Gasteiger partial charge >= 0.3 is 0 Å². The molecule has 0 aromatic heterocycles. The molecular formula is C19H30N2O2. The molecule has 0 spiro atoms. The van der Waals surface area contributed by atoms with E-state index in [1.54, 1.807) is 7.11 Å². The van der Waals surface area contributed by atoms with E-state index in [-0.39, 0.29) is 0 Å². The highest BCUT2D eigenvalue weighted by Gasteiger charge is 2.17. The highest BCUT2D eigenvalue weighted by molar-refractivity contribution is 6.00. The van der Waals surface area contributed by atoms with Gasteiger partial charge in [-0.25, -0.2) is 0 Å². The number of oxime groups is 1. The summed E-state index contributed by atoms with van der Waals surface area (Å²) in [7, 11) is 1.58. The van der Waals surface area contributed by atoms with Gasteiger partial charge in [0.2, 0.25) is 0 Å². The number of hydrogen-bond donors (Lipinski definition) is 0. The zero-order valence-corrected chi connectivity index (χ0v) is 14.8. The van der Waals surface area contributed by atoms with Gasteiger partial charge in [0.15, 0.2) is 0 Å². The van der Waals surface area contributed by atoms with Gasteiger partial charge in [-0.3, -0.25) is 0 Å². The predicted molar refractivity (Wildman–Crippen MR) is 95.3 cm³/mol. The van der Waals surface area contributed by atoms with Crippen molar-refractivity contribution in [3.8, 4) is 5.75 Å². The molecule has 1 saturated heterocycles. The molecule has 1 aliphatic rings. The van der Waals surface area contributed by atoms with Crippen molar-refractivity contribution in [2.45, 2.75) is 52.0 Å². The molecule has 1 aliphatic heterocycles. The molecule has 1 aromatic rings. The number of likely N-dealkylation sites (tertiary alicyclic amines) is 1. The first-order valence-electron chi connectivity index (χ1n) is 8.82. The van der Waals surface area contributed by atoms with E-state index in [9.17, 15) is 0 Å². The van der Waals surface area contributed by atoms with E-state index in [4.69, 9.17) is 9.57 Å². The normalized spacial score (nSPS) is 19.6. The first kappa shape index (κ1) is 17.8. The van der Waals surface area contributed by atoms with Crippen molar-refractivity contribution in [1.82, 2.24) is 4.90 Å². The summed E-state index contributed by atoms with van der Waals surface area (Å²) in [5, 5.41) is 4.05. The van der Waals surface area contributed by atoms with Gasteiger partial charge in [-0.2, -0.15) is 0 Å². The molecule has 1 heterocycles. The summed E-state index contributed by atoms with van der Waals surface area (Å²) >= 11 is 0. The Morgan fingerprint density at radius 3 is 2.70 bits per heavy atom. The van der Waals surface area contributed by atoms with Crippen LogP contribution in [0.25, 0.3) is 0 Å². The van der Waals surface area contributed by atoms with Gasteiger partial charge in [-0.1, -0.05) is 18.5 Å². The fourth-order valence-corrected chi connectivity index (χ4v) is 3.12. The van der Waals surface area contributed by atoms with Gasteiger partial charge in [0.25, 0.3) is 0 Å². The summed E-state index contributed by atoms with van der Waals surface area (Å²) < 4.78 is 5.86. The molecule has 1 unspecified atom stereocenters. The molecule has 0 amide bonds. The average Bonchev–Trinajstić information content (AvgIpc) is 2.59. The smallest absolute Gasteiger partial charge is 0.119 e. The van der Waals surface area contributed by atoms with Crippen LogP contribution in [0.4, 0.5) is 0 Å². The lowest BCUT2D eigenvalue weighted by molar-refractivity contribution is 0.148. The Bertz CT molecular complexity index is 485. The second-order valence-corrected chi connectivity index (χ2v) is 6.18. The second-order valence-electron chi connectivity index (χ2n) is 6.18. The molecule has 4 heteroatoms. The maximum absolute atomic E-state index is 5.86. The molecule has 23 heavy (non-hydrogen) atoms. The summed E-state index contributed by atoms with van der Waals surface area (Å²) in [6, 6.07) is 8.85. The van der Waals surface area contributed by atoms with Crippen LogP contribution < -0.4 is 4.74 Å². The molecular weight excluding hydrogens is 288 g/mol. The molecule has 4 nitrogen and oxygen atoms in total. The molecule has 1 atom stereocenters. The molecule has 0 N–H and O–H groups in total. The van der Waals surface area contributed by atoms with Gasteiger partial charge in [0.05, 0.1) is 12.3 Å². The number of piperidine rings is 1. The van der Waals surface area contributed by atoms with E-state index >= 15 is 0 Å². The number of benzene rings is 1. The fraction of sp³-hybridized carbons (Fsp3) is 0.632.